The van der Waals surface area contributed by atoms with Gasteiger partial charge in [-0.3, -0.25) is 0 Å². The lowest BCUT2D eigenvalue weighted by Crippen LogP contribution is -2.51. The fraction of sp³-hybridized carbons (Fsp3) is 0.583. The van der Waals surface area contributed by atoms with Crippen LogP contribution in [0.1, 0.15) is 16.6 Å². The van der Waals surface area contributed by atoms with Gasteiger partial charge in [0.05, 0.1) is 26.4 Å². The molecule has 1 aromatic heterocycles. The summed E-state index contributed by atoms with van der Waals surface area (Å²) in [5, 5.41) is 10.7. The lowest BCUT2D eigenvalue weighted by molar-refractivity contribution is -0.0516. The van der Waals surface area contributed by atoms with Gasteiger partial charge < -0.3 is 14.6 Å². The fourth-order valence-electron chi connectivity index (χ4n) is 2.11. The molecule has 0 radical (unpaired) electrons. The van der Waals surface area contributed by atoms with Gasteiger partial charge in [0, 0.05) is 12.6 Å². The first kappa shape index (κ1) is 16.4. The molecule has 1 N–H and O–H groups in total. The molecule has 1 aromatic rings. The number of methoxy groups -OCH3 is 1. The molecule has 0 bridgehead atoms. The number of carbonyl (C=O) groups excluding carboxylic acids is 1. The van der Waals surface area contributed by atoms with Crippen molar-refractivity contribution in [1.29, 1.82) is 0 Å². The monoisotopic (exact) mass is 335 g/mol. The maximum atomic E-state index is 12.7. The van der Waals surface area contributed by atoms with E-state index in [0.29, 0.717) is 0 Å². The molecule has 2 atom stereocenters. The summed E-state index contributed by atoms with van der Waals surface area (Å²) in [6.45, 7) is 1.71. The molecule has 0 spiro atoms. The van der Waals surface area contributed by atoms with E-state index in [1.165, 1.54) is 22.9 Å². The summed E-state index contributed by atoms with van der Waals surface area (Å²) in [5.41, 5.74) is 0. The molecule has 2 rings (SSSR count). The number of ether oxygens (including phenoxy) is 2. The molecule has 21 heavy (non-hydrogen) atoms. The second-order valence-electron chi connectivity index (χ2n) is 4.67. The highest BCUT2D eigenvalue weighted by atomic mass is 32.2. The maximum Gasteiger partial charge on any atom is 0.349 e. The SMILES string of the molecule is COC(=O)c1sccc1S(=O)(=O)N1CC(CO)OCC1C. The maximum absolute atomic E-state index is 12.7. The van der Waals surface area contributed by atoms with Crippen LogP contribution in [0.3, 0.4) is 0 Å². The third-order valence-electron chi connectivity index (χ3n) is 3.24. The van der Waals surface area contributed by atoms with Crippen LogP contribution in [0.5, 0.6) is 0 Å². The Morgan fingerprint density at radius 3 is 2.95 bits per heavy atom. The number of thiophene rings is 1. The van der Waals surface area contributed by atoms with E-state index >= 15 is 0 Å². The highest BCUT2D eigenvalue weighted by Gasteiger charge is 2.37. The van der Waals surface area contributed by atoms with E-state index in [4.69, 9.17) is 9.84 Å². The van der Waals surface area contributed by atoms with Crippen molar-refractivity contribution < 1.29 is 27.8 Å². The number of aliphatic hydroxyl groups excluding tert-OH is 1. The first-order chi connectivity index (χ1) is 9.91. The van der Waals surface area contributed by atoms with Crippen molar-refractivity contribution in [2.45, 2.75) is 24.0 Å². The van der Waals surface area contributed by atoms with Crippen LogP contribution >= 0.6 is 11.3 Å². The van der Waals surface area contributed by atoms with Gasteiger partial charge >= 0.3 is 5.97 Å². The van der Waals surface area contributed by atoms with Crippen LogP contribution in [0.4, 0.5) is 0 Å². The summed E-state index contributed by atoms with van der Waals surface area (Å²) in [7, 11) is -2.64. The third-order valence-corrected chi connectivity index (χ3v) is 6.28. The number of morpholine rings is 1. The van der Waals surface area contributed by atoms with E-state index in [2.05, 4.69) is 4.74 Å². The molecule has 0 aromatic carbocycles. The van der Waals surface area contributed by atoms with Crippen molar-refractivity contribution in [3.63, 3.8) is 0 Å². The fourth-order valence-corrected chi connectivity index (χ4v) is 5.06. The zero-order chi connectivity index (χ0) is 15.6. The molecule has 2 heterocycles. The molecule has 1 saturated heterocycles. The lowest BCUT2D eigenvalue weighted by atomic mass is 10.2. The Kier molecular flexibility index (Phi) is 4.99. The normalized spacial score (nSPS) is 24.0. The predicted molar refractivity (Wildman–Crippen MR) is 75.8 cm³/mol. The molecule has 1 fully saturated rings. The van der Waals surface area contributed by atoms with Crippen LogP contribution in [0.2, 0.25) is 0 Å². The molecule has 118 valence electrons. The lowest BCUT2D eigenvalue weighted by Gasteiger charge is -2.36. The zero-order valence-electron chi connectivity index (χ0n) is 11.7. The molecule has 0 amide bonds. The summed E-state index contributed by atoms with van der Waals surface area (Å²) in [5.74, 6) is -0.678. The predicted octanol–water partition coefficient (Wildman–Crippen LogP) is 0.305. The zero-order valence-corrected chi connectivity index (χ0v) is 13.3. The number of hydrogen-bond donors (Lipinski definition) is 1. The van der Waals surface area contributed by atoms with Crippen molar-refractivity contribution in [2.24, 2.45) is 0 Å². The van der Waals surface area contributed by atoms with Gasteiger partial charge in [-0.1, -0.05) is 0 Å². The summed E-state index contributed by atoms with van der Waals surface area (Å²) >= 11 is 1.02. The third kappa shape index (κ3) is 3.11. The van der Waals surface area contributed by atoms with Crippen LogP contribution in [-0.4, -0.2) is 62.8 Å². The van der Waals surface area contributed by atoms with E-state index in [-0.39, 0.29) is 35.6 Å². The number of esters is 1. The van der Waals surface area contributed by atoms with Crippen LogP contribution in [-0.2, 0) is 19.5 Å². The molecule has 0 aliphatic carbocycles. The van der Waals surface area contributed by atoms with Gasteiger partial charge in [-0.25, -0.2) is 13.2 Å². The standard InChI is InChI=1S/C12H17NO6S2/c1-8-7-19-9(6-14)5-13(8)21(16,17)10-3-4-20-11(10)12(15)18-2/h3-4,8-9,14H,5-7H2,1-2H3. The Bertz CT molecular complexity index is 611. The van der Waals surface area contributed by atoms with E-state index in [9.17, 15) is 13.2 Å². The molecular weight excluding hydrogens is 318 g/mol. The van der Waals surface area contributed by atoms with Crippen LogP contribution < -0.4 is 0 Å². The second-order valence-corrected chi connectivity index (χ2v) is 7.44. The summed E-state index contributed by atoms with van der Waals surface area (Å²) in [6, 6.07) is 1.02. The number of rotatable bonds is 4. The Balaban J connectivity index is 2.37. The molecule has 1 aliphatic rings. The molecule has 9 heteroatoms. The van der Waals surface area contributed by atoms with Gasteiger partial charge in [0.2, 0.25) is 10.0 Å². The van der Waals surface area contributed by atoms with E-state index < -0.39 is 22.1 Å². The first-order valence-corrected chi connectivity index (χ1v) is 8.64. The van der Waals surface area contributed by atoms with E-state index in [1.807, 2.05) is 0 Å². The second kappa shape index (κ2) is 6.41. The Hall–Kier alpha value is -1.00. The van der Waals surface area contributed by atoms with Gasteiger partial charge in [-0.05, 0) is 18.4 Å². The minimum absolute atomic E-state index is 0.0520. The molecule has 2 unspecified atom stereocenters. The van der Waals surface area contributed by atoms with Crippen LogP contribution in [0.15, 0.2) is 16.3 Å². The number of aliphatic hydroxyl groups is 1. The largest absolute Gasteiger partial charge is 0.465 e. The average molecular weight is 335 g/mol. The minimum Gasteiger partial charge on any atom is -0.465 e. The van der Waals surface area contributed by atoms with Gasteiger partial charge in [0.15, 0.2) is 0 Å². The smallest absolute Gasteiger partial charge is 0.349 e. The van der Waals surface area contributed by atoms with E-state index in [1.54, 1.807) is 6.92 Å². The minimum atomic E-state index is -3.84. The van der Waals surface area contributed by atoms with Crippen molar-refractivity contribution in [1.82, 2.24) is 4.31 Å². The van der Waals surface area contributed by atoms with E-state index in [0.717, 1.165) is 11.3 Å². The Labute approximate surface area is 127 Å². The Morgan fingerprint density at radius 2 is 2.33 bits per heavy atom. The van der Waals surface area contributed by atoms with Gasteiger partial charge in [-0.2, -0.15) is 4.31 Å². The van der Waals surface area contributed by atoms with Gasteiger partial charge in [0.1, 0.15) is 9.77 Å². The molecular formula is C12H17NO6S2. The molecule has 7 nitrogen and oxygen atoms in total. The summed E-state index contributed by atoms with van der Waals surface area (Å²) < 4.78 is 36.7. The number of carbonyl (C=O) groups is 1. The van der Waals surface area contributed by atoms with Crippen LogP contribution in [0.25, 0.3) is 0 Å². The number of hydrogen-bond acceptors (Lipinski definition) is 7. The van der Waals surface area contributed by atoms with Gasteiger partial charge in [0.25, 0.3) is 0 Å². The highest BCUT2D eigenvalue weighted by Crippen LogP contribution is 2.28. The van der Waals surface area contributed by atoms with Gasteiger partial charge in [-0.15, -0.1) is 11.3 Å². The number of nitrogens with zero attached hydrogens (tertiary/aromatic N) is 1. The molecule has 0 saturated carbocycles. The first-order valence-electron chi connectivity index (χ1n) is 6.32. The average Bonchev–Trinajstić information content (AvgIpc) is 2.97. The highest BCUT2D eigenvalue weighted by molar-refractivity contribution is 7.89. The quantitative estimate of drug-likeness (QED) is 0.796. The Morgan fingerprint density at radius 1 is 1.62 bits per heavy atom. The van der Waals surface area contributed by atoms with Crippen molar-refractivity contribution in [3.8, 4) is 0 Å². The summed E-state index contributed by atoms with van der Waals surface area (Å²) in [6.07, 6.45) is -0.559. The van der Waals surface area contributed by atoms with Crippen molar-refractivity contribution >= 4 is 27.3 Å². The number of sulfonamides is 1. The summed E-state index contributed by atoms with van der Waals surface area (Å²) in [4.78, 5) is 11.7. The van der Waals surface area contributed by atoms with Crippen molar-refractivity contribution in [2.75, 3.05) is 26.9 Å². The topological polar surface area (TPSA) is 93.1 Å². The molecule has 1 aliphatic heterocycles. The van der Waals surface area contributed by atoms with Crippen LogP contribution in [0, 0.1) is 0 Å². The van der Waals surface area contributed by atoms with Crippen molar-refractivity contribution in [3.05, 3.63) is 16.3 Å².